The molecule has 1 aromatic carbocycles. The highest BCUT2D eigenvalue weighted by molar-refractivity contribution is 5.95. The van der Waals surface area contributed by atoms with E-state index in [4.69, 9.17) is 11.5 Å². The topological polar surface area (TPSA) is 76.4 Å². The number of nitrogens with zero attached hydrogens (tertiary/aromatic N) is 1. The first-order valence-electron chi connectivity index (χ1n) is 4.10. The molecule has 2 rings (SSSR count). The molecule has 4 nitrogen and oxygen atoms in total. The van der Waals surface area contributed by atoms with Crippen molar-refractivity contribution < 1.29 is 0 Å². The van der Waals surface area contributed by atoms with Crippen LogP contribution >= 0.6 is 12.4 Å². The average molecular weight is 213 g/mol. The molecule has 0 saturated heterocycles. The van der Waals surface area contributed by atoms with Crippen molar-refractivity contribution in [2.24, 2.45) is 16.5 Å². The maximum atomic E-state index is 5.97. The zero-order valence-electron chi connectivity index (χ0n) is 7.82. The normalized spacial score (nSPS) is 24.0. The second kappa shape index (κ2) is 3.48. The fraction of sp³-hybridized carbons (Fsp3) is 0.222. The molecule has 0 amide bonds. The predicted molar refractivity (Wildman–Crippen MR) is 60.5 cm³/mol. The summed E-state index contributed by atoms with van der Waals surface area (Å²) in [4.78, 5) is 4.12. The van der Waals surface area contributed by atoms with E-state index in [9.17, 15) is 0 Å². The van der Waals surface area contributed by atoms with Gasteiger partial charge in [0, 0.05) is 11.3 Å². The molecule has 0 aliphatic carbocycles. The summed E-state index contributed by atoms with van der Waals surface area (Å²) in [6.45, 7) is 1.83. The summed E-state index contributed by atoms with van der Waals surface area (Å²) < 4.78 is 0. The molecule has 1 heterocycles. The minimum Gasteiger partial charge on any atom is -0.370 e. The Morgan fingerprint density at radius 2 is 2.00 bits per heavy atom. The lowest BCUT2D eigenvalue weighted by Crippen LogP contribution is -2.40. The first kappa shape index (κ1) is 10.8. The van der Waals surface area contributed by atoms with Crippen LogP contribution in [0.2, 0.25) is 0 Å². The number of rotatable bonds is 0. The quantitative estimate of drug-likeness (QED) is 0.600. The summed E-state index contributed by atoms with van der Waals surface area (Å²) in [7, 11) is 0. The zero-order valence-corrected chi connectivity index (χ0v) is 8.64. The number of hydrogen-bond donors (Lipinski definition) is 3. The maximum absolute atomic E-state index is 5.97. The number of nitrogens with two attached hydrogens (primary N) is 2. The third-order valence-corrected chi connectivity index (χ3v) is 2.09. The van der Waals surface area contributed by atoms with Crippen molar-refractivity contribution in [1.29, 1.82) is 0 Å². The molecule has 5 N–H and O–H groups in total. The van der Waals surface area contributed by atoms with Gasteiger partial charge in [-0.2, -0.15) is 0 Å². The monoisotopic (exact) mass is 212 g/mol. The minimum atomic E-state index is -0.716. The predicted octanol–water partition coefficient (Wildman–Crippen LogP) is 0.980. The van der Waals surface area contributed by atoms with E-state index in [0.717, 1.165) is 11.3 Å². The average Bonchev–Trinajstić information content (AvgIpc) is 2.02. The van der Waals surface area contributed by atoms with Gasteiger partial charge in [0.1, 0.15) is 5.66 Å². The lowest BCUT2D eigenvalue weighted by atomic mass is 9.99. The Morgan fingerprint density at radius 1 is 1.36 bits per heavy atom. The third kappa shape index (κ3) is 1.66. The largest absolute Gasteiger partial charge is 0.370 e. The van der Waals surface area contributed by atoms with Gasteiger partial charge in [-0.25, -0.2) is 4.99 Å². The number of anilines is 1. The fourth-order valence-corrected chi connectivity index (χ4v) is 1.51. The standard InChI is InChI=1S/C9H12N4.ClH/c1-9(11)6-4-2-3-5-7(6)12-8(10)13-9;/h2-5H,11H2,1H3,(H3,10,12,13);1H. The van der Waals surface area contributed by atoms with Gasteiger partial charge in [0.25, 0.3) is 0 Å². The van der Waals surface area contributed by atoms with E-state index >= 15 is 0 Å². The first-order valence-corrected chi connectivity index (χ1v) is 4.10. The van der Waals surface area contributed by atoms with Crippen molar-refractivity contribution in [2.45, 2.75) is 12.6 Å². The van der Waals surface area contributed by atoms with Crippen molar-refractivity contribution in [1.82, 2.24) is 0 Å². The highest BCUT2D eigenvalue weighted by Gasteiger charge is 2.27. The van der Waals surface area contributed by atoms with Gasteiger partial charge in [-0.15, -0.1) is 12.4 Å². The molecule has 1 atom stereocenters. The highest BCUT2D eigenvalue weighted by Crippen LogP contribution is 2.29. The molecule has 0 fully saturated rings. The van der Waals surface area contributed by atoms with E-state index in [-0.39, 0.29) is 12.4 Å². The fourth-order valence-electron chi connectivity index (χ4n) is 1.51. The molecule has 0 saturated carbocycles. The summed E-state index contributed by atoms with van der Waals surface area (Å²) in [5, 5.41) is 2.96. The Bertz CT molecular complexity index is 373. The second-order valence-corrected chi connectivity index (χ2v) is 3.32. The van der Waals surface area contributed by atoms with E-state index < -0.39 is 5.66 Å². The van der Waals surface area contributed by atoms with Crippen molar-refractivity contribution in [3.8, 4) is 0 Å². The van der Waals surface area contributed by atoms with E-state index in [1.54, 1.807) is 0 Å². The van der Waals surface area contributed by atoms with Crippen LogP contribution in [-0.4, -0.2) is 5.96 Å². The Hall–Kier alpha value is -1.26. The highest BCUT2D eigenvalue weighted by atomic mass is 35.5. The molecule has 0 radical (unpaired) electrons. The number of para-hydroxylation sites is 1. The van der Waals surface area contributed by atoms with Gasteiger partial charge in [0.15, 0.2) is 5.96 Å². The number of guanidine groups is 1. The van der Waals surface area contributed by atoms with Crippen molar-refractivity contribution in [3.05, 3.63) is 29.8 Å². The second-order valence-electron chi connectivity index (χ2n) is 3.32. The Morgan fingerprint density at radius 3 is 2.71 bits per heavy atom. The maximum Gasteiger partial charge on any atom is 0.195 e. The van der Waals surface area contributed by atoms with Gasteiger partial charge in [0.2, 0.25) is 0 Å². The summed E-state index contributed by atoms with van der Waals surface area (Å²) in [6, 6.07) is 7.74. The van der Waals surface area contributed by atoms with Crippen LogP contribution in [-0.2, 0) is 5.66 Å². The van der Waals surface area contributed by atoms with Crippen LogP contribution in [0.4, 0.5) is 5.69 Å². The molecule has 1 aliphatic heterocycles. The van der Waals surface area contributed by atoms with E-state index in [0.29, 0.717) is 5.96 Å². The van der Waals surface area contributed by atoms with Crippen LogP contribution in [0.15, 0.2) is 29.3 Å². The van der Waals surface area contributed by atoms with Crippen molar-refractivity contribution in [2.75, 3.05) is 5.32 Å². The molecule has 5 heteroatoms. The molecule has 0 bridgehead atoms. The van der Waals surface area contributed by atoms with E-state index in [1.807, 2.05) is 31.2 Å². The summed E-state index contributed by atoms with van der Waals surface area (Å²) in [5.74, 6) is 0.365. The number of halogens is 1. The summed E-state index contributed by atoms with van der Waals surface area (Å²) >= 11 is 0. The van der Waals surface area contributed by atoms with Crippen LogP contribution in [0.5, 0.6) is 0 Å². The van der Waals surface area contributed by atoms with Crippen LogP contribution < -0.4 is 16.8 Å². The number of benzene rings is 1. The molecular weight excluding hydrogens is 200 g/mol. The number of aliphatic imine (C=N–C) groups is 1. The number of nitrogens with one attached hydrogen (secondary N) is 1. The summed E-state index contributed by atoms with van der Waals surface area (Å²) in [6.07, 6.45) is 0. The van der Waals surface area contributed by atoms with E-state index in [2.05, 4.69) is 10.3 Å². The van der Waals surface area contributed by atoms with Gasteiger partial charge in [-0.3, -0.25) is 0 Å². The van der Waals surface area contributed by atoms with Crippen molar-refractivity contribution in [3.63, 3.8) is 0 Å². The van der Waals surface area contributed by atoms with Gasteiger partial charge in [0.05, 0.1) is 0 Å². The van der Waals surface area contributed by atoms with Crippen LogP contribution in [0.1, 0.15) is 12.5 Å². The molecular formula is C9H13ClN4. The molecule has 1 aliphatic rings. The third-order valence-electron chi connectivity index (χ3n) is 2.09. The molecule has 0 aromatic heterocycles. The number of hydrogen-bond acceptors (Lipinski definition) is 4. The Labute approximate surface area is 88.8 Å². The van der Waals surface area contributed by atoms with Gasteiger partial charge in [-0.1, -0.05) is 18.2 Å². The van der Waals surface area contributed by atoms with Crippen LogP contribution in [0, 0.1) is 0 Å². The SMILES string of the molecule is CC1(N)N=C(N)Nc2ccccc21.Cl. The van der Waals surface area contributed by atoms with Crippen LogP contribution in [0.25, 0.3) is 0 Å². The molecule has 14 heavy (non-hydrogen) atoms. The smallest absolute Gasteiger partial charge is 0.195 e. The lowest BCUT2D eigenvalue weighted by Gasteiger charge is -2.28. The Balaban J connectivity index is 0.000000980. The first-order chi connectivity index (χ1) is 6.09. The van der Waals surface area contributed by atoms with Gasteiger partial charge in [-0.05, 0) is 13.0 Å². The summed E-state index contributed by atoms with van der Waals surface area (Å²) in [5.41, 5.74) is 12.7. The number of fused-ring (bicyclic) bond motifs is 1. The molecule has 1 unspecified atom stereocenters. The zero-order chi connectivity index (χ0) is 9.47. The van der Waals surface area contributed by atoms with Crippen LogP contribution in [0.3, 0.4) is 0 Å². The van der Waals surface area contributed by atoms with Gasteiger partial charge < -0.3 is 16.8 Å². The van der Waals surface area contributed by atoms with Crippen molar-refractivity contribution >= 4 is 24.1 Å². The van der Waals surface area contributed by atoms with E-state index in [1.165, 1.54) is 0 Å². The molecule has 0 spiro atoms. The molecule has 1 aromatic rings. The molecule has 76 valence electrons. The minimum absolute atomic E-state index is 0. The lowest BCUT2D eigenvalue weighted by molar-refractivity contribution is 0.521. The Kier molecular flexibility index (Phi) is 2.69. The van der Waals surface area contributed by atoms with Gasteiger partial charge >= 0.3 is 0 Å².